The molecule has 0 aliphatic heterocycles. The van der Waals surface area contributed by atoms with E-state index in [0.29, 0.717) is 18.8 Å². The van der Waals surface area contributed by atoms with Gasteiger partial charge in [-0.1, -0.05) is 5.16 Å². The van der Waals surface area contributed by atoms with E-state index in [9.17, 15) is 0 Å². The maximum absolute atomic E-state index is 8.54. The minimum Gasteiger partial charge on any atom is -0.449 e. The molecule has 0 fully saturated rings. The highest BCUT2D eigenvalue weighted by Gasteiger charge is 2.01. The Bertz CT molecular complexity index is 453. The van der Waals surface area contributed by atoms with E-state index < -0.39 is 0 Å². The van der Waals surface area contributed by atoms with E-state index in [4.69, 9.17) is 9.68 Å². The van der Waals surface area contributed by atoms with Crippen LogP contribution in [0.15, 0.2) is 33.4 Å². The first-order valence-corrected chi connectivity index (χ1v) is 4.47. The number of nitrogens with one attached hydrogen (secondary N) is 1. The lowest BCUT2D eigenvalue weighted by Crippen LogP contribution is -2.12. The van der Waals surface area contributed by atoms with Gasteiger partial charge in [0, 0.05) is 12.6 Å². The maximum Gasteiger partial charge on any atom is 0.203 e. The van der Waals surface area contributed by atoms with Gasteiger partial charge in [0.1, 0.15) is 18.1 Å². The highest BCUT2D eigenvalue weighted by atomic mass is 16.5. The summed E-state index contributed by atoms with van der Waals surface area (Å²) in [5.41, 5.74) is 0.835. The summed E-state index contributed by atoms with van der Waals surface area (Å²) < 4.78 is 9.87. The van der Waals surface area contributed by atoms with Gasteiger partial charge in [0.15, 0.2) is 0 Å². The van der Waals surface area contributed by atoms with Crippen LogP contribution in [0, 0.1) is 11.3 Å². The zero-order valence-corrected chi connectivity index (χ0v) is 7.93. The van der Waals surface area contributed by atoms with Crippen molar-refractivity contribution in [2.75, 3.05) is 0 Å². The molecule has 0 aromatic carbocycles. The second kappa shape index (κ2) is 4.44. The van der Waals surface area contributed by atoms with Crippen molar-refractivity contribution in [3.63, 3.8) is 0 Å². The fraction of sp³-hybridized carbons (Fsp3) is 0.200. The van der Waals surface area contributed by atoms with Crippen molar-refractivity contribution >= 4 is 0 Å². The molecule has 76 valence electrons. The molecule has 2 rings (SSSR count). The zero-order valence-electron chi connectivity index (χ0n) is 7.93. The fourth-order valence-electron chi connectivity index (χ4n) is 1.18. The summed E-state index contributed by atoms with van der Waals surface area (Å²) in [4.78, 5) is 0. The zero-order chi connectivity index (χ0) is 10.5. The molecule has 15 heavy (non-hydrogen) atoms. The molecule has 0 spiro atoms. The van der Waals surface area contributed by atoms with E-state index >= 15 is 0 Å². The molecule has 0 atom stereocenters. The van der Waals surface area contributed by atoms with E-state index in [1.807, 2.05) is 6.07 Å². The highest BCUT2D eigenvalue weighted by molar-refractivity contribution is 5.18. The first-order valence-electron chi connectivity index (χ1n) is 4.47. The number of nitriles is 1. The Morgan fingerprint density at radius 2 is 2.27 bits per heavy atom. The molecule has 0 aliphatic rings. The molecule has 5 heteroatoms. The standard InChI is InChI=1S/C10H9N3O2/c11-5-9-1-2-10(15-9)7-12-6-8-3-4-14-13-8/h1-4,12H,6-7H2. The van der Waals surface area contributed by atoms with Crippen molar-refractivity contribution in [3.8, 4) is 6.07 Å². The Morgan fingerprint density at radius 3 is 2.93 bits per heavy atom. The van der Waals surface area contributed by atoms with Crippen LogP contribution in [0.1, 0.15) is 17.2 Å². The van der Waals surface area contributed by atoms with Crippen LogP contribution in [0.3, 0.4) is 0 Å². The van der Waals surface area contributed by atoms with Crippen LogP contribution in [-0.2, 0) is 13.1 Å². The second-order valence-corrected chi connectivity index (χ2v) is 2.97. The topological polar surface area (TPSA) is 75.0 Å². The lowest BCUT2D eigenvalue weighted by Gasteiger charge is -1.97. The Labute approximate surface area is 86.3 Å². The summed E-state index contributed by atoms with van der Waals surface area (Å²) in [6, 6.07) is 7.14. The minimum atomic E-state index is 0.327. The molecule has 2 aromatic heterocycles. The average molecular weight is 203 g/mol. The number of nitrogens with zero attached hydrogens (tertiary/aromatic N) is 2. The van der Waals surface area contributed by atoms with Crippen LogP contribution < -0.4 is 5.32 Å². The largest absolute Gasteiger partial charge is 0.449 e. The van der Waals surface area contributed by atoms with E-state index in [1.54, 1.807) is 18.2 Å². The van der Waals surface area contributed by atoms with Crippen molar-refractivity contribution < 1.29 is 8.94 Å². The first kappa shape index (κ1) is 9.49. The Balaban J connectivity index is 1.81. The molecule has 0 saturated carbocycles. The van der Waals surface area contributed by atoms with Gasteiger partial charge in [-0.2, -0.15) is 5.26 Å². The van der Waals surface area contributed by atoms with Crippen molar-refractivity contribution in [1.29, 1.82) is 5.26 Å². The van der Waals surface area contributed by atoms with Crippen LogP contribution in [0.2, 0.25) is 0 Å². The summed E-state index contributed by atoms with van der Waals surface area (Å²) in [6.07, 6.45) is 1.53. The normalized spacial score (nSPS) is 10.1. The van der Waals surface area contributed by atoms with Gasteiger partial charge in [-0.05, 0) is 12.1 Å². The van der Waals surface area contributed by atoms with Crippen molar-refractivity contribution in [2.24, 2.45) is 0 Å². The Kier molecular flexibility index (Phi) is 2.81. The summed E-state index contributed by atoms with van der Waals surface area (Å²) in [5, 5.41) is 15.4. The van der Waals surface area contributed by atoms with Crippen LogP contribution in [-0.4, -0.2) is 5.16 Å². The van der Waals surface area contributed by atoms with Gasteiger partial charge >= 0.3 is 0 Å². The summed E-state index contributed by atoms with van der Waals surface area (Å²) in [7, 11) is 0. The third kappa shape index (κ3) is 2.45. The molecule has 5 nitrogen and oxygen atoms in total. The Morgan fingerprint density at radius 1 is 1.33 bits per heavy atom. The smallest absolute Gasteiger partial charge is 0.203 e. The second-order valence-electron chi connectivity index (χ2n) is 2.97. The Hall–Kier alpha value is -2.06. The number of furan rings is 1. The number of hydrogen-bond donors (Lipinski definition) is 1. The number of aromatic nitrogens is 1. The third-order valence-electron chi connectivity index (χ3n) is 1.87. The molecule has 2 aromatic rings. The monoisotopic (exact) mass is 203 g/mol. The predicted molar refractivity (Wildman–Crippen MR) is 50.5 cm³/mol. The molecule has 0 radical (unpaired) electrons. The highest BCUT2D eigenvalue weighted by Crippen LogP contribution is 2.06. The minimum absolute atomic E-state index is 0.327. The van der Waals surface area contributed by atoms with Gasteiger partial charge in [0.2, 0.25) is 5.76 Å². The predicted octanol–water partition coefficient (Wildman–Crippen LogP) is 1.43. The average Bonchev–Trinajstić information content (AvgIpc) is 2.88. The number of rotatable bonds is 4. The van der Waals surface area contributed by atoms with Gasteiger partial charge in [-0.3, -0.25) is 0 Å². The SMILES string of the molecule is N#Cc1ccc(CNCc2ccon2)o1. The van der Waals surface area contributed by atoms with Crippen LogP contribution in [0.4, 0.5) is 0 Å². The molecule has 0 unspecified atom stereocenters. The molecule has 1 N–H and O–H groups in total. The van der Waals surface area contributed by atoms with Crippen LogP contribution in [0.5, 0.6) is 0 Å². The van der Waals surface area contributed by atoms with E-state index in [1.165, 1.54) is 6.26 Å². The molecule has 0 bridgehead atoms. The lowest BCUT2D eigenvalue weighted by molar-refractivity contribution is 0.406. The third-order valence-corrected chi connectivity index (χ3v) is 1.87. The molecule has 2 heterocycles. The molecular weight excluding hydrogens is 194 g/mol. The fourth-order valence-corrected chi connectivity index (χ4v) is 1.18. The van der Waals surface area contributed by atoms with Crippen molar-refractivity contribution in [1.82, 2.24) is 10.5 Å². The van der Waals surface area contributed by atoms with E-state index in [2.05, 4.69) is 15.0 Å². The summed E-state index contributed by atoms with van der Waals surface area (Å²) in [5.74, 6) is 1.06. The van der Waals surface area contributed by atoms with E-state index in [0.717, 1.165) is 11.5 Å². The molecule has 0 aliphatic carbocycles. The quantitative estimate of drug-likeness (QED) is 0.813. The summed E-state index contributed by atoms with van der Waals surface area (Å²) in [6.45, 7) is 1.17. The van der Waals surface area contributed by atoms with E-state index in [-0.39, 0.29) is 0 Å². The lowest BCUT2D eigenvalue weighted by atomic mass is 10.4. The van der Waals surface area contributed by atoms with Gasteiger partial charge < -0.3 is 14.3 Å². The van der Waals surface area contributed by atoms with Gasteiger partial charge in [0.25, 0.3) is 0 Å². The van der Waals surface area contributed by atoms with Crippen LogP contribution in [0.25, 0.3) is 0 Å². The van der Waals surface area contributed by atoms with Crippen molar-refractivity contribution in [3.05, 3.63) is 41.7 Å². The molecule has 0 amide bonds. The summed E-state index contributed by atoms with van der Waals surface area (Å²) >= 11 is 0. The number of hydrogen-bond acceptors (Lipinski definition) is 5. The molecular formula is C10H9N3O2. The van der Waals surface area contributed by atoms with Crippen molar-refractivity contribution in [2.45, 2.75) is 13.1 Å². The molecule has 0 saturated heterocycles. The first-order chi connectivity index (χ1) is 7.38. The van der Waals surface area contributed by atoms with Gasteiger partial charge in [-0.25, -0.2) is 0 Å². The van der Waals surface area contributed by atoms with Gasteiger partial charge in [0.05, 0.1) is 12.2 Å². The van der Waals surface area contributed by atoms with Crippen LogP contribution >= 0.6 is 0 Å². The maximum atomic E-state index is 8.54. The van der Waals surface area contributed by atoms with Gasteiger partial charge in [-0.15, -0.1) is 0 Å².